The van der Waals surface area contributed by atoms with Crippen LogP contribution in [0.5, 0.6) is 0 Å². The van der Waals surface area contributed by atoms with E-state index in [4.69, 9.17) is 5.73 Å². The zero-order valence-corrected chi connectivity index (χ0v) is 12.4. The monoisotopic (exact) mass is 311 g/mol. The zero-order valence-electron chi connectivity index (χ0n) is 12.4. The maximum absolute atomic E-state index is 11.8. The average molecular weight is 311 g/mol. The SMILES string of the molecule is Nc1ccc(C(=O)NC(=O)C(=O)NCCc2ccccc2)cc1. The Hall–Kier alpha value is -3.15. The second kappa shape index (κ2) is 7.74. The zero-order chi connectivity index (χ0) is 16.7. The molecule has 4 N–H and O–H groups in total. The maximum Gasteiger partial charge on any atom is 0.316 e. The Morgan fingerprint density at radius 1 is 0.870 bits per heavy atom. The van der Waals surface area contributed by atoms with Gasteiger partial charge in [0.2, 0.25) is 0 Å². The summed E-state index contributed by atoms with van der Waals surface area (Å²) in [5.41, 5.74) is 7.32. The molecule has 0 aromatic heterocycles. The van der Waals surface area contributed by atoms with Gasteiger partial charge in [0.15, 0.2) is 0 Å². The molecule has 0 fully saturated rings. The minimum Gasteiger partial charge on any atom is -0.399 e. The standard InChI is InChI=1S/C17H17N3O3/c18-14-8-6-13(7-9-14)15(21)20-17(23)16(22)19-11-10-12-4-2-1-3-5-12/h1-9H,10-11,18H2,(H,19,22)(H,20,21,23). The van der Waals surface area contributed by atoms with E-state index in [9.17, 15) is 14.4 Å². The average Bonchev–Trinajstić information content (AvgIpc) is 2.56. The Morgan fingerprint density at radius 2 is 1.52 bits per heavy atom. The molecule has 0 bridgehead atoms. The van der Waals surface area contributed by atoms with Gasteiger partial charge < -0.3 is 11.1 Å². The second-order valence-corrected chi connectivity index (χ2v) is 4.90. The fourth-order valence-electron chi connectivity index (χ4n) is 1.91. The number of carbonyl (C=O) groups excluding carboxylic acids is 3. The largest absolute Gasteiger partial charge is 0.399 e. The quantitative estimate of drug-likeness (QED) is 0.576. The van der Waals surface area contributed by atoms with Gasteiger partial charge in [-0.05, 0) is 36.2 Å². The predicted octanol–water partition coefficient (Wildman–Crippen LogP) is 0.884. The highest BCUT2D eigenvalue weighted by Gasteiger charge is 2.17. The van der Waals surface area contributed by atoms with Crippen molar-refractivity contribution in [3.63, 3.8) is 0 Å². The van der Waals surface area contributed by atoms with E-state index in [1.54, 1.807) is 12.1 Å². The second-order valence-electron chi connectivity index (χ2n) is 4.90. The summed E-state index contributed by atoms with van der Waals surface area (Å²) in [5, 5.41) is 4.51. The van der Waals surface area contributed by atoms with E-state index in [2.05, 4.69) is 5.32 Å². The number of anilines is 1. The normalized spacial score (nSPS) is 9.91. The van der Waals surface area contributed by atoms with Gasteiger partial charge in [-0.25, -0.2) is 0 Å². The summed E-state index contributed by atoms with van der Waals surface area (Å²) in [4.78, 5) is 35.1. The van der Waals surface area contributed by atoms with Crippen LogP contribution in [0.3, 0.4) is 0 Å². The molecule has 0 saturated carbocycles. The van der Waals surface area contributed by atoms with Gasteiger partial charge in [0, 0.05) is 17.8 Å². The maximum atomic E-state index is 11.8. The van der Waals surface area contributed by atoms with Crippen molar-refractivity contribution in [1.29, 1.82) is 0 Å². The molecular weight excluding hydrogens is 294 g/mol. The molecule has 0 saturated heterocycles. The molecule has 2 aromatic rings. The summed E-state index contributed by atoms with van der Waals surface area (Å²) in [6, 6.07) is 15.6. The molecule has 6 heteroatoms. The fraction of sp³-hybridized carbons (Fsp3) is 0.118. The minimum atomic E-state index is -0.986. The number of benzene rings is 2. The van der Waals surface area contributed by atoms with E-state index >= 15 is 0 Å². The van der Waals surface area contributed by atoms with Gasteiger partial charge in [-0.15, -0.1) is 0 Å². The van der Waals surface area contributed by atoms with Crippen LogP contribution in [0, 0.1) is 0 Å². The number of hydrogen-bond donors (Lipinski definition) is 3. The van der Waals surface area contributed by atoms with Crippen LogP contribution in [0.25, 0.3) is 0 Å². The highest BCUT2D eigenvalue weighted by atomic mass is 16.2. The van der Waals surface area contributed by atoms with E-state index < -0.39 is 17.7 Å². The summed E-state index contributed by atoms with van der Waals surface area (Å²) in [6.07, 6.45) is 0.603. The molecule has 0 atom stereocenters. The number of hydrogen-bond acceptors (Lipinski definition) is 4. The molecule has 0 unspecified atom stereocenters. The van der Waals surface area contributed by atoms with Crippen molar-refractivity contribution in [2.75, 3.05) is 12.3 Å². The topological polar surface area (TPSA) is 101 Å². The van der Waals surface area contributed by atoms with Crippen LogP contribution in [-0.4, -0.2) is 24.3 Å². The molecule has 118 valence electrons. The first-order valence-corrected chi connectivity index (χ1v) is 7.09. The molecule has 0 aliphatic carbocycles. The van der Waals surface area contributed by atoms with E-state index in [-0.39, 0.29) is 5.56 Å². The fourth-order valence-corrected chi connectivity index (χ4v) is 1.91. The Bertz CT molecular complexity index is 697. The van der Waals surface area contributed by atoms with Crippen LogP contribution in [0.2, 0.25) is 0 Å². The van der Waals surface area contributed by atoms with Gasteiger partial charge in [0.05, 0.1) is 0 Å². The van der Waals surface area contributed by atoms with E-state index in [0.29, 0.717) is 18.7 Å². The van der Waals surface area contributed by atoms with Crippen molar-refractivity contribution in [1.82, 2.24) is 10.6 Å². The number of carbonyl (C=O) groups is 3. The van der Waals surface area contributed by atoms with Gasteiger partial charge in [-0.1, -0.05) is 30.3 Å². The van der Waals surface area contributed by atoms with Crippen molar-refractivity contribution < 1.29 is 14.4 Å². The van der Waals surface area contributed by atoms with Crippen molar-refractivity contribution >= 4 is 23.4 Å². The number of nitrogens with one attached hydrogen (secondary N) is 2. The minimum absolute atomic E-state index is 0.254. The summed E-state index contributed by atoms with van der Waals surface area (Å²) < 4.78 is 0. The summed E-state index contributed by atoms with van der Waals surface area (Å²) in [6.45, 7) is 0.312. The number of nitrogens with two attached hydrogens (primary N) is 1. The molecule has 0 spiro atoms. The van der Waals surface area contributed by atoms with Crippen molar-refractivity contribution in [2.24, 2.45) is 0 Å². The molecular formula is C17H17N3O3. The first kappa shape index (κ1) is 16.2. The Balaban J connectivity index is 1.79. The third-order valence-corrected chi connectivity index (χ3v) is 3.15. The van der Waals surface area contributed by atoms with Gasteiger partial charge in [-0.2, -0.15) is 0 Å². The first-order chi connectivity index (χ1) is 11.1. The number of amides is 3. The van der Waals surface area contributed by atoms with Crippen LogP contribution >= 0.6 is 0 Å². The van der Waals surface area contributed by atoms with Crippen LogP contribution in [-0.2, 0) is 16.0 Å². The van der Waals surface area contributed by atoms with Crippen molar-refractivity contribution in [2.45, 2.75) is 6.42 Å². The molecule has 0 heterocycles. The molecule has 23 heavy (non-hydrogen) atoms. The van der Waals surface area contributed by atoms with Gasteiger partial charge in [0.1, 0.15) is 0 Å². The van der Waals surface area contributed by atoms with Crippen molar-refractivity contribution in [3.05, 3.63) is 65.7 Å². The molecule has 2 aromatic carbocycles. The highest BCUT2D eigenvalue weighted by Crippen LogP contribution is 2.05. The van der Waals surface area contributed by atoms with Gasteiger partial charge in [-0.3, -0.25) is 19.7 Å². The Labute approximate surface area is 133 Å². The summed E-state index contributed by atoms with van der Waals surface area (Å²) in [5.74, 6) is -2.47. The van der Waals surface area contributed by atoms with Crippen LogP contribution < -0.4 is 16.4 Å². The highest BCUT2D eigenvalue weighted by molar-refractivity contribution is 6.38. The Morgan fingerprint density at radius 3 is 2.17 bits per heavy atom. The molecule has 0 aliphatic heterocycles. The van der Waals surface area contributed by atoms with E-state index in [1.807, 2.05) is 35.6 Å². The lowest BCUT2D eigenvalue weighted by Gasteiger charge is -2.06. The first-order valence-electron chi connectivity index (χ1n) is 7.09. The third-order valence-electron chi connectivity index (χ3n) is 3.15. The van der Waals surface area contributed by atoms with E-state index in [0.717, 1.165) is 5.56 Å². The third kappa shape index (κ3) is 4.96. The van der Waals surface area contributed by atoms with Gasteiger partial charge >= 0.3 is 11.8 Å². The lowest BCUT2D eigenvalue weighted by atomic mass is 10.1. The van der Waals surface area contributed by atoms with Crippen LogP contribution in [0.4, 0.5) is 5.69 Å². The van der Waals surface area contributed by atoms with Crippen molar-refractivity contribution in [3.8, 4) is 0 Å². The molecule has 3 amide bonds. The predicted molar refractivity (Wildman–Crippen MR) is 86.5 cm³/mol. The smallest absolute Gasteiger partial charge is 0.316 e. The molecule has 0 radical (unpaired) electrons. The van der Waals surface area contributed by atoms with E-state index in [1.165, 1.54) is 12.1 Å². The lowest BCUT2D eigenvalue weighted by molar-refractivity contribution is -0.138. The lowest BCUT2D eigenvalue weighted by Crippen LogP contribution is -2.43. The molecule has 2 rings (SSSR count). The Kier molecular flexibility index (Phi) is 5.46. The van der Waals surface area contributed by atoms with Gasteiger partial charge in [0.25, 0.3) is 5.91 Å². The van der Waals surface area contributed by atoms with Crippen LogP contribution in [0.1, 0.15) is 15.9 Å². The van der Waals surface area contributed by atoms with Crippen LogP contribution in [0.15, 0.2) is 54.6 Å². The number of nitrogen functional groups attached to an aromatic ring is 1. The molecule has 0 aliphatic rings. The number of rotatable bonds is 4. The summed E-state index contributed by atoms with van der Waals surface area (Å²) >= 11 is 0. The molecule has 6 nitrogen and oxygen atoms in total. The summed E-state index contributed by atoms with van der Waals surface area (Å²) in [7, 11) is 0. The number of imide groups is 1.